The molecule has 0 aliphatic heterocycles. The second kappa shape index (κ2) is 4.86. The number of esters is 1. The van der Waals surface area contributed by atoms with Crippen molar-refractivity contribution < 1.29 is 14.1 Å². The monoisotopic (exact) mass is 202 g/mol. The van der Waals surface area contributed by atoms with Crippen LogP contribution in [-0.2, 0) is 10.5 Å². The van der Waals surface area contributed by atoms with Gasteiger partial charge in [-0.25, -0.2) is 4.79 Å². The van der Waals surface area contributed by atoms with Crippen molar-refractivity contribution in [2.24, 2.45) is 0 Å². The molecule has 0 aromatic carbocycles. The molecule has 0 fully saturated rings. The van der Waals surface area contributed by atoms with Crippen molar-refractivity contribution in [3.05, 3.63) is 11.7 Å². The number of hydrogen-bond acceptors (Lipinski definition) is 6. The largest absolute Gasteiger partial charge is 0.460 e. The van der Waals surface area contributed by atoms with Gasteiger partial charge in [-0.15, -0.1) is 0 Å². The van der Waals surface area contributed by atoms with E-state index in [1.807, 2.05) is 6.26 Å². The van der Waals surface area contributed by atoms with Crippen molar-refractivity contribution in [1.82, 2.24) is 10.1 Å². The zero-order chi connectivity index (χ0) is 9.68. The maximum atomic E-state index is 11.0. The Hall–Kier alpha value is -1.04. The minimum atomic E-state index is -0.543. The average Bonchev–Trinajstić information content (AvgIpc) is 2.54. The quantitative estimate of drug-likeness (QED) is 0.681. The molecule has 72 valence electrons. The van der Waals surface area contributed by atoms with E-state index >= 15 is 0 Å². The first kappa shape index (κ1) is 10.0. The van der Waals surface area contributed by atoms with Gasteiger partial charge in [-0.3, -0.25) is 0 Å². The van der Waals surface area contributed by atoms with Gasteiger partial charge >= 0.3 is 5.97 Å². The number of carbonyl (C=O) groups is 1. The lowest BCUT2D eigenvalue weighted by molar-refractivity contribution is 0.0508. The third-order valence-electron chi connectivity index (χ3n) is 1.19. The van der Waals surface area contributed by atoms with Crippen LogP contribution in [0.3, 0.4) is 0 Å². The van der Waals surface area contributed by atoms with Gasteiger partial charge in [0.1, 0.15) is 0 Å². The number of rotatable bonds is 4. The highest BCUT2D eigenvalue weighted by molar-refractivity contribution is 7.97. The van der Waals surface area contributed by atoms with E-state index in [4.69, 9.17) is 4.52 Å². The minimum absolute atomic E-state index is 0.00843. The number of thioether (sulfide) groups is 1. The summed E-state index contributed by atoms with van der Waals surface area (Å²) < 4.78 is 9.48. The van der Waals surface area contributed by atoms with Crippen molar-refractivity contribution in [2.45, 2.75) is 12.7 Å². The Balaban J connectivity index is 2.62. The van der Waals surface area contributed by atoms with Crippen LogP contribution in [0.2, 0.25) is 0 Å². The second-order valence-corrected chi connectivity index (χ2v) is 3.03. The lowest BCUT2D eigenvalue weighted by Gasteiger charge is -1.93. The third-order valence-corrected chi connectivity index (χ3v) is 1.73. The molecule has 1 aromatic rings. The first-order valence-electron chi connectivity index (χ1n) is 3.76. The number of aromatic nitrogens is 2. The minimum Gasteiger partial charge on any atom is -0.460 e. The molecular weight excluding hydrogens is 192 g/mol. The summed E-state index contributed by atoms with van der Waals surface area (Å²) >= 11 is 1.54. The molecule has 0 aliphatic rings. The summed E-state index contributed by atoms with van der Waals surface area (Å²) in [6.45, 7) is 2.03. The molecule has 0 amide bonds. The number of carbonyl (C=O) groups excluding carboxylic acids is 1. The van der Waals surface area contributed by atoms with Crippen LogP contribution in [0.4, 0.5) is 0 Å². The molecule has 0 atom stereocenters. The third kappa shape index (κ3) is 2.73. The van der Waals surface area contributed by atoms with Crippen LogP contribution < -0.4 is 0 Å². The van der Waals surface area contributed by atoms with Gasteiger partial charge in [0.2, 0.25) is 5.89 Å². The summed E-state index contributed by atoms with van der Waals surface area (Å²) in [5.74, 6) is 0.493. The standard InChI is InChI=1S/C7H10N2O3S/c1-3-11-7(10)6-8-5(4-13-2)12-9-6/h3-4H2,1-2H3. The Labute approximate surface area is 79.8 Å². The molecule has 0 saturated heterocycles. The Bertz CT molecular complexity index is 287. The molecule has 13 heavy (non-hydrogen) atoms. The van der Waals surface area contributed by atoms with E-state index in [1.54, 1.807) is 18.7 Å². The Morgan fingerprint density at radius 1 is 1.69 bits per heavy atom. The molecule has 1 aromatic heterocycles. The highest BCUT2D eigenvalue weighted by Crippen LogP contribution is 2.06. The van der Waals surface area contributed by atoms with Crippen molar-refractivity contribution in [2.75, 3.05) is 12.9 Å². The van der Waals surface area contributed by atoms with Crippen LogP contribution in [0.1, 0.15) is 23.4 Å². The molecule has 0 aliphatic carbocycles. The van der Waals surface area contributed by atoms with Crippen LogP contribution in [0.5, 0.6) is 0 Å². The topological polar surface area (TPSA) is 65.2 Å². The fourth-order valence-corrected chi connectivity index (χ4v) is 1.08. The van der Waals surface area contributed by atoms with E-state index in [9.17, 15) is 4.79 Å². The molecule has 0 unspecified atom stereocenters. The van der Waals surface area contributed by atoms with Gasteiger partial charge in [-0.1, -0.05) is 0 Å². The Morgan fingerprint density at radius 3 is 3.08 bits per heavy atom. The van der Waals surface area contributed by atoms with Gasteiger partial charge in [-0.2, -0.15) is 16.7 Å². The molecule has 5 nitrogen and oxygen atoms in total. The van der Waals surface area contributed by atoms with Gasteiger partial charge < -0.3 is 9.26 Å². The molecule has 0 N–H and O–H groups in total. The zero-order valence-electron chi connectivity index (χ0n) is 7.44. The summed E-state index contributed by atoms with van der Waals surface area (Å²) in [5, 5.41) is 3.48. The average molecular weight is 202 g/mol. The first-order valence-corrected chi connectivity index (χ1v) is 5.16. The van der Waals surface area contributed by atoms with Gasteiger partial charge in [0.05, 0.1) is 12.4 Å². The van der Waals surface area contributed by atoms with E-state index in [0.29, 0.717) is 18.3 Å². The van der Waals surface area contributed by atoms with E-state index in [1.165, 1.54) is 0 Å². The summed E-state index contributed by atoms with van der Waals surface area (Å²) in [6, 6.07) is 0. The molecule has 1 heterocycles. The summed E-state index contributed by atoms with van der Waals surface area (Å²) in [6.07, 6.45) is 1.91. The molecular formula is C7H10N2O3S. The molecule has 0 radical (unpaired) electrons. The van der Waals surface area contributed by atoms with Crippen LogP contribution in [0.25, 0.3) is 0 Å². The maximum absolute atomic E-state index is 11.0. The van der Waals surface area contributed by atoms with Gasteiger partial charge in [-0.05, 0) is 18.3 Å². The Kier molecular flexibility index (Phi) is 3.75. The van der Waals surface area contributed by atoms with Crippen LogP contribution >= 0.6 is 11.8 Å². The highest BCUT2D eigenvalue weighted by Gasteiger charge is 2.14. The zero-order valence-corrected chi connectivity index (χ0v) is 8.26. The number of nitrogens with zero attached hydrogens (tertiary/aromatic N) is 2. The lowest BCUT2D eigenvalue weighted by Crippen LogP contribution is -2.06. The molecule has 0 saturated carbocycles. The van der Waals surface area contributed by atoms with Crippen molar-refractivity contribution in [1.29, 1.82) is 0 Å². The summed E-state index contributed by atoms with van der Waals surface area (Å²) in [5.41, 5.74) is 0. The van der Waals surface area contributed by atoms with Gasteiger partial charge in [0.25, 0.3) is 5.82 Å². The molecule has 0 bridgehead atoms. The van der Waals surface area contributed by atoms with Crippen molar-refractivity contribution >= 4 is 17.7 Å². The molecule has 0 spiro atoms. The van der Waals surface area contributed by atoms with E-state index < -0.39 is 5.97 Å². The van der Waals surface area contributed by atoms with E-state index in [-0.39, 0.29) is 5.82 Å². The Morgan fingerprint density at radius 2 is 2.46 bits per heavy atom. The molecule has 6 heteroatoms. The number of ether oxygens (including phenoxy) is 1. The molecule has 1 rings (SSSR count). The fraction of sp³-hybridized carbons (Fsp3) is 0.571. The van der Waals surface area contributed by atoms with Crippen molar-refractivity contribution in [3.63, 3.8) is 0 Å². The number of hydrogen-bond donors (Lipinski definition) is 0. The van der Waals surface area contributed by atoms with Crippen LogP contribution in [-0.4, -0.2) is 29.0 Å². The fourth-order valence-electron chi connectivity index (χ4n) is 0.716. The lowest BCUT2D eigenvalue weighted by atomic mass is 10.6. The van der Waals surface area contributed by atoms with Gasteiger partial charge in [0, 0.05) is 0 Å². The normalized spacial score (nSPS) is 10.0. The van der Waals surface area contributed by atoms with Gasteiger partial charge in [0.15, 0.2) is 0 Å². The second-order valence-electron chi connectivity index (χ2n) is 2.17. The predicted molar refractivity (Wildman–Crippen MR) is 47.5 cm³/mol. The summed E-state index contributed by atoms with van der Waals surface area (Å²) in [4.78, 5) is 14.9. The first-order chi connectivity index (χ1) is 6.27. The van der Waals surface area contributed by atoms with Crippen molar-refractivity contribution in [3.8, 4) is 0 Å². The SMILES string of the molecule is CCOC(=O)c1noc(CSC)n1. The van der Waals surface area contributed by atoms with E-state index in [2.05, 4.69) is 14.9 Å². The van der Waals surface area contributed by atoms with E-state index in [0.717, 1.165) is 0 Å². The smallest absolute Gasteiger partial charge is 0.379 e. The summed E-state index contributed by atoms with van der Waals surface area (Å²) in [7, 11) is 0. The highest BCUT2D eigenvalue weighted by atomic mass is 32.2. The van der Waals surface area contributed by atoms with Crippen LogP contribution in [0, 0.1) is 0 Å². The predicted octanol–water partition coefficient (Wildman–Crippen LogP) is 1.11. The maximum Gasteiger partial charge on any atom is 0.379 e. The van der Waals surface area contributed by atoms with Crippen LogP contribution in [0.15, 0.2) is 4.52 Å².